The van der Waals surface area contributed by atoms with Crippen LogP contribution < -0.4 is 4.90 Å². The molecule has 0 atom stereocenters. The zero-order chi connectivity index (χ0) is 14.3. The molecule has 0 radical (unpaired) electrons. The average Bonchev–Trinajstić information content (AvgIpc) is 2.42. The Kier molecular flexibility index (Phi) is 5.90. The number of benzene rings is 1. The van der Waals surface area contributed by atoms with Crippen LogP contribution in [-0.4, -0.2) is 32.6 Å². The minimum atomic E-state index is -2.52. The Morgan fingerprint density at radius 3 is 2.58 bits per heavy atom. The Morgan fingerprint density at radius 1 is 1.42 bits per heavy atom. The highest BCUT2D eigenvalue weighted by Gasteiger charge is 2.11. The van der Waals surface area contributed by atoms with E-state index in [1.165, 1.54) is 4.90 Å². The van der Waals surface area contributed by atoms with Gasteiger partial charge in [0.2, 0.25) is 5.91 Å². The van der Waals surface area contributed by atoms with E-state index in [9.17, 15) is 13.6 Å². The van der Waals surface area contributed by atoms with Gasteiger partial charge in [0.1, 0.15) is 6.61 Å². The summed E-state index contributed by atoms with van der Waals surface area (Å²) in [5.41, 5.74) is 1.14. The maximum atomic E-state index is 11.8. The molecule has 1 rings (SSSR count). The molecule has 0 aliphatic carbocycles. The molecule has 0 saturated carbocycles. The van der Waals surface area contributed by atoms with E-state index in [0.717, 1.165) is 0 Å². The van der Waals surface area contributed by atoms with Gasteiger partial charge in [-0.3, -0.25) is 4.79 Å². The van der Waals surface area contributed by atoms with Gasteiger partial charge in [-0.2, -0.15) is 5.26 Å². The lowest BCUT2D eigenvalue weighted by atomic mass is 10.2. The van der Waals surface area contributed by atoms with Crippen LogP contribution in [-0.2, 0) is 9.53 Å². The van der Waals surface area contributed by atoms with Gasteiger partial charge in [-0.1, -0.05) is 0 Å². The Morgan fingerprint density at radius 2 is 2.05 bits per heavy atom. The third-order valence-electron chi connectivity index (χ3n) is 2.46. The summed E-state index contributed by atoms with van der Waals surface area (Å²) in [5.74, 6) is -0.237. The summed E-state index contributed by atoms with van der Waals surface area (Å²) >= 11 is 0. The first-order valence-electron chi connectivity index (χ1n) is 5.67. The molecule has 0 aliphatic rings. The van der Waals surface area contributed by atoms with Crippen molar-refractivity contribution in [1.29, 1.82) is 5.26 Å². The largest absolute Gasteiger partial charge is 0.375 e. The molecule has 0 aromatic heterocycles. The number of nitrogens with zero attached hydrogens (tertiary/aromatic N) is 2. The number of hydrogen-bond acceptors (Lipinski definition) is 3. The highest BCUT2D eigenvalue weighted by Crippen LogP contribution is 2.14. The number of ether oxygens (including phenoxy) is 1. The van der Waals surface area contributed by atoms with Crippen molar-refractivity contribution in [2.45, 2.75) is 12.8 Å². The van der Waals surface area contributed by atoms with Crippen molar-refractivity contribution < 1.29 is 18.3 Å². The molecule has 0 saturated heterocycles. The highest BCUT2D eigenvalue weighted by molar-refractivity contribution is 5.92. The quantitative estimate of drug-likeness (QED) is 0.743. The summed E-state index contributed by atoms with van der Waals surface area (Å²) in [5, 5.41) is 8.66. The van der Waals surface area contributed by atoms with Crippen molar-refractivity contribution in [3.05, 3.63) is 29.8 Å². The van der Waals surface area contributed by atoms with Crippen LogP contribution in [0.25, 0.3) is 0 Å². The number of rotatable bonds is 6. The third-order valence-corrected chi connectivity index (χ3v) is 2.46. The Balaban J connectivity index is 2.45. The second kappa shape index (κ2) is 7.44. The lowest BCUT2D eigenvalue weighted by molar-refractivity contribution is -0.119. The molecule has 1 amide bonds. The molecule has 6 heteroatoms. The first kappa shape index (κ1) is 15.1. The monoisotopic (exact) mass is 268 g/mol. The normalized spacial score (nSPS) is 10.3. The first-order valence-corrected chi connectivity index (χ1v) is 5.67. The van der Waals surface area contributed by atoms with E-state index in [1.54, 1.807) is 31.3 Å². The van der Waals surface area contributed by atoms with Crippen LogP contribution in [0, 0.1) is 11.3 Å². The SMILES string of the molecule is CN(C(=O)CCOCC(F)F)c1ccc(C#N)cc1. The van der Waals surface area contributed by atoms with E-state index in [0.29, 0.717) is 11.3 Å². The minimum absolute atomic E-state index is 0.0310. The van der Waals surface area contributed by atoms with Crippen LogP contribution in [0.2, 0.25) is 0 Å². The number of carbonyl (C=O) groups is 1. The van der Waals surface area contributed by atoms with Gasteiger partial charge in [0.15, 0.2) is 0 Å². The van der Waals surface area contributed by atoms with Crippen LogP contribution in [0.5, 0.6) is 0 Å². The second-order valence-corrected chi connectivity index (χ2v) is 3.83. The molecule has 0 unspecified atom stereocenters. The standard InChI is InChI=1S/C13H14F2N2O2/c1-17(11-4-2-10(8-16)3-5-11)13(18)6-7-19-9-12(14)15/h2-5,12H,6-7,9H2,1H3. The molecule has 0 aliphatic heterocycles. The average molecular weight is 268 g/mol. The zero-order valence-corrected chi connectivity index (χ0v) is 10.5. The maximum absolute atomic E-state index is 11.8. The summed E-state index contributed by atoms with van der Waals surface area (Å²) in [6.45, 7) is -0.697. The van der Waals surface area contributed by atoms with E-state index in [4.69, 9.17) is 5.26 Å². The molecular formula is C13H14F2N2O2. The number of nitriles is 1. The maximum Gasteiger partial charge on any atom is 0.261 e. The van der Waals surface area contributed by atoms with Crippen molar-refractivity contribution in [1.82, 2.24) is 0 Å². The van der Waals surface area contributed by atoms with Gasteiger partial charge in [0, 0.05) is 12.7 Å². The molecule has 0 bridgehead atoms. The van der Waals surface area contributed by atoms with E-state index >= 15 is 0 Å². The van der Waals surface area contributed by atoms with Gasteiger partial charge in [-0.25, -0.2) is 8.78 Å². The zero-order valence-electron chi connectivity index (χ0n) is 10.5. The molecule has 0 heterocycles. The number of alkyl halides is 2. The third kappa shape index (κ3) is 5.02. The van der Waals surface area contributed by atoms with E-state index in [-0.39, 0.29) is 18.9 Å². The van der Waals surface area contributed by atoms with Crippen LogP contribution in [0.15, 0.2) is 24.3 Å². The molecule has 0 N–H and O–H groups in total. The van der Waals surface area contributed by atoms with Gasteiger partial charge in [-0.05, 0) is 24.3 Å². The summed E-state index contributed by atoms with van der Waals surface area (Å²) in [6, 6.07) is 8.49. The summed E-state index contributed by atoms with van der Waals surface area (Å²) in [4.78, 5) is 13.1. The molecule has 0 spiro atoms. The molecule has 0 fully saturated rings. The second-order valence-electron chi connectivity index (χ2n) is 3.83. The van der Waals surface area contributed by atoms with Crippen LogP contribution in [0.3, 0.4) is 0 Å². The molecule has 102 valence electrons. The molecule has 1 aromatic rings. The van der Waals surface area contributed by atoms with Crippen molar-refractivity contribution in [2.24, 2.45) is 0 Å². The number of halogens is 2. The van der Waals surface area contributed by atoms with E-state index in [2.05, 4.69) is 4.74 Å². The Hall–Kier alpha value is -2.00. The summed E-state index contributed by atoms with van der Waals surface area (Å²) in [7, 11) is 1.58. The predicted octanol–water partition coefficient (Wildman–Crippen LogP) is 2.19. The molecular weight excluding hydrogens is 254 g/mol. The Bertz CT molecular complexity index is 455. The molecule has 1 aromatic carbocycles. The van der Waals surface area contributed by atoms with Crippen molar-refractivity contribution >= 4 is 11.6 Å². The van der Waals surface area contributed by atoms with Gasteiger partial charge >= 0.3 is 0 Å². The summed E-state index contributed by atoms with van der Waals surface area (Å²) in [6.07, 6.45) is -2.49. The first-order chi connectivity index (χ1) is 9.04. The predicted molar refractivity (Wildman–Crippen MR) is 66.0 cm³/mol. The highest BCUT2D eigenvalue weighted by atomic mass is 19.3. The number of amides is 1. The van der Waals surface area contributed by atoms with E-state index < -0.39 is 13.0 Å². The number of carbonyl (C=O) groups excluding carboxylic acids is 1. The lowest BCUT2D eigenvalue weighted by Gasteiger charge is -2.17. The van der Waals surface area contributed by atoms with Gasteiger partial charge < -0.3 is 9.64 Å². The van der Waals surface area contributed by atoms with Crippen LogP contribution >= 0.6 is 0 Å². The van der Waals surface area contributed by atoms with Crippen LogP contribution in [0.1, 0.15) is 12.0 Å². The number of hydrogen-bond donors (Lipinski definition) is 0. The van der Waals surface area contributed by atoms with E-state index in [1.807, 2.05) is 6.07 Å². The minimum Gasteiger partial charge on any atom is -0.375 e. The lowest BCUT2D eigenvalue weighted by Crippen LogP contribution is -2.27. The van der Waals surface area contributed by atoms with Crippen molar-refractivity contribution in [3.63, 3.8) is 0 Å². The molecule has 4 nitrogen and oxygen atoms in total. The topological polar surface area (TPSA) is 53.3 Å². The van der Waals surface area contributed by atoms with Crippen molar-refractivity contribution in [2.75, 3.05) is 25.2 Å². The van der Waals surface area contributed by atoms with Crippen molar-refractivity contribution in [3.8, 4) is 6.07 Å². The van der Waals surface area contributed by atoms with Crippen LogP contribution in [0.4, 0.5) is 14.5 Å². The van der Waals surface area contributed by atoms with Gasteiger partial charge in [0.25, 0.3) is 6.43 Å². The Labute approximate surface area is 110 Å². The van der Waals surface area contributed by atoms with Gasteiger partial charge in [0.05, 0.1) is 24.7 Å². The number of anilines is 1. The molecule has 19 heavy (non-hydrogen) atoms. The smallest absolute Gasteiger partial charge is 0.261 e. The fraction of sp³-hybridized carbons (Fsp3) is 0.385. The van der Waals surface area contributed by atoms with Gasteiger partial charge in [-0.15, -0.1) is 0 Å². The fourth-order valence-corrected chi connectivity index (χ4v) is 1.40. The fourth-order valence-electron chi connectivity index (χ4n) is 1.40. The summed E-state index contributed by atoms with van der Waals surface area (Å²) < 4.78 is 28.3.